The van der Waals surface area contributed by atoms with E-state index in [0.29, 0.717) is 0 Å². The van der Waals surface area contributed by atoms with Crippen molar-refractivity contribution in [2.24, 2.45) is 5.41 Å². The van der Waals surface area contributed by atoms with Crippen molar-refractivity contribution in [2.45, 2.75) is 18.8 Å². The first-order valence-corrected chi connectivity index (χ1v) is 6.91. The minimum Gasteiger partial charge on any atom is -0.481 e. The Morgan fingerprint density at radius 2 is 1.82 bits per heavy atom. The quantitative estimate of drug-likeness (QED) is 0.869. The molecule has 1 heterocycles. The van der Waals surface area contributed by atoms with Crippen LogP contribution in [0.25, 0.3) is 0 Å². The number of carbonyl (C=O) groups is 2. The van der Waals surface area contributed by atoms with E-state index in [1.165, 1.54) is 12.1 Å². The Kier molecular flexibility index (Phi) is 4.75. The van der Waals surface area contributed by atoms with E-state index in [1.54, 1.807) is 6.07 Å². The van der Waals surface area contributed by atoms with Crippen molar-refractivity contribution in [3.63, 3.8) is 0 Å². The smallest absolute Gasteiger partial charge is 0.349 e. The third-order valence-electron chi connectivity index (χ3n) is 3.91. The molecule has 0 aromatic heterocycles. The Hall–Kier alpha value is -2.02. The van der Waals surface area contributed by atoms with Crippen LogP contribution in [0, 0.1) is 5.41 Å². The van der Waals surface area contributed by atoms with Crippen LogP contribution in [0.1, 0.15) is 18.4 Å². The molecular formula is C15H17F2NO4. The average molecular weight is 313 g/mol. The van der Waals surface area contributed by atoms with Gasteiger partial charge < -0.3 is 15.2 Å². The molecule has 1 amide bonds. The largest absolute Gasteiger partial charge is 0.481 e. The van der Waals surface area contributed by atoms with Crippen molar-refractivity contribution in [1.82, 2.24) is 5.32 Å². The Labute approximate surface area is 126 Å². The maximum atomic E-state index is 14.0. The maximum absolute atomic E-state index is 14.0. The molecule has 1 saturated heterocycles. The van der Waals surface area contributed by atoms with Crippen LogP contribution in [-0.2, 0) is 20.2 Å². The maximum Gasteiger partial charge on any atom is 0.349 e. The zero-order valence-electron chi connectivity index (χ0n) is 11.9. The van der Waals surface area contributed by atoms with Gasteiger partial charge in [0.15, 0.2) is 0 Å². The van der Waals surface area contributed by atoms with Crippen LogP contribution < -0.4 is 5.32 Å². The molecular weight excluding hydrogens is 296 g/mol. The van der Waals surface area contributed by atoms with Gasteiger partial charge in [-0.25, -0.2) is 0 Å². The summed E-state index contributed by atoms with van der Waals surface area (Å²) in [5, 5.41) is 11.4. The van der Waals surface area contributed by atoms with Crippen molar-refractivity contribution in [3.8, 4) is 0 Å². The number of aliphatic carboxylic acids is 1. The van der Waals surface area contributed by atoms with Gasteiger partial charge in [-0.05, 0) is 12.8 Å². The standard InChI is InChI=1S/C15H17F2NO4/c16-15(17,11-4-2-1-3-5-11)12(19)18-10-14(13(20)21)6-8-22-9-7-14/h1-5H,6-10H2,(H,18,19)(H,20,21). The fourth-order valence-electron chi connectivity index (χ4n) is 2.37. The zero-order valence-corrected chi connectivity index (χ0v) is 11.9. The Bertz CT molecular complexity index is 542. The molecule has 1 fully saturated rings. The number of halogens is 2. The van der Waals surface area contributed by atoms with Crippen molar-refractivity contribution in [3.05, 3.63) is 35.9 Å². The molecule has 0 aliphatic carbocycles. The van der Waals surface area contributed by atoms with E-state index in [-0.39, 0.29) is 32.6 Å². The number of carbonyl (C=O) groups excluding carboxylic acids is 1. The lowest BCUT2D eigenvalue weighted by Gasteiger charge is -2.33. The Morgan fingerprint density at radius 1 is 1.23 bits per heavy atom. The normalized spacial score (nSPS) is 17.7. The molecule has 7 heteroatoms. The highest BCUT2D eigenvalue weighted by Gasteiger charge is 2.45. The summed E-state index contributed by atoms with van der Waals surface area (Å²) in [6, 6.07) is 6.70. The molecule has 0 bridgehead atoms. The highest BCUT2D eigenvalue weighted by Crippen LogP contribution is 2.32. The summed E-state index contributed by atoms with van der Waals surface area (Å²) < 4.78 is 33.2. The number of nitrogens with one attached hydrogen (secondary N) is 1. The number of ether oxygens (including phenoxy) is 1. The number of benzene rings is 1. The van der Waals surface area contributed by atoms with Crippen LogP contribution in [0.5, 0.6) is 0 Å². The SMILES string of the molecule is O=C(O)C1(CNC(=O)C(F)(F)c2ccccc2)CCOCC1. The molecule has 0 atom stereocenters. The molecule has 22 heavy (non-hydrogen) atoms. The molecule has 0 radical (unpaired) electrons. The number of carboxylic acid groups (broad SMARTS) is 1. The molecule has 5 nitrogen and oxygen atoms in total. The van der Waals surface area contributed by atoms with E-state index in [4.69, 9.17) is 4.74 Å². The van der Waals surface area contributed by atoms with Gasteiger partial charge in [-0.3, -0.25) is 9.59 Å². The first-order chi connectivity index (χ1) is 10.4. The minimum atomic E-state index is -3.70. The molecule has 1 aliphatic heterocycles. The Morgan fingerprint density at radius 3 is 2.36 bits per heavy atom. The van der Waals surface area contributed by atoms with Gasteiger partial charge in [0.1, 0.15) is 0 Å². The molecule has 1 aliphatic rings. The minimum absolute atomic E-state index is 0.180. The van der Waals surface area contributed by atoms with Gasteiger partial charge in [0.05, 0.1) is 5.41 Å². The van der Waals surface area contributed by atoms with E-state index < -0.39 is 28.8 Å². The summed E-state index contributed by atoms with van der Waals surface area (Å²) in [6.07, 6.45) is 0.360. The summed E-state index contributed by atoms with van der Waals surface area (Å²) in [4.78, 5) is 23.2. The van der Waals surface area contributed by atoms with Gasteiger partial charge in [-0.1, -0.05) is 30.3 Å². The van der Waals surface area contributed by atoms with E-state index in [1.807, 2.05) is 0 Å². The molecule has 0 saturated carbocycles. The third-order valence-corrected chi connectivity index (χ3v) is 3.91. The molecule has 0 spiro atoms. The average Bonchev–Trinajstić information content (AvgIpc) is 2.54. The predicted octanol–water partition coefficient (Wildman–Crippen LogP) is 1.78. The van der Waals surface area contributed by atoms with Crippen LogP contribution in [0.3, 0.4) is 0 Å². The fourth-order valence-corrected chi connectivity index (χ4v) is 2.37. The fraction of sp³-hybridized carbons (Fsp3) is 0.467. The van der Waals surface area contributed by atoms with Gasteiger partial charge in [-0.2, -0.15) is 8.78 Å². The summed E-state index contributed by atoms with van der Waals surface area (Å²) in [6.45, 7) is 0.126. The molecule has 2 rings (SSSR count). The van der Waals surface area contributed by atoms with Crippen molar-refractivity contribution in [2.75, 3.05) is 19.8 Å². The highest BCUT2D eigenvalue weighted by molar-refractivity contribution is 5.85. The lowest BCUT2D eigenvalue weighted by atomic mass is 9.80. The second-order valence-electron chi connectivity index (χ2n) is 5.32. The zero-order chi connectivity index (χ0) is 16.2. The topological polar surface area (TPSA) is 75.6 Å². The third kappa shape index (κ3) is 3.24. The van der Waals surface area contributed by atoms with E-state index in [0.717, 1.165) is 12.1 Å². The molecule has 2 N–H and O–H groups in total. The summed E-state index contributed by atoms with van der Waals surface area (Å²) in [5.41, 5.74) is -1.68. The first kappa shape index (κ1) is 16.4. The van der Waals surface area contributed by atoms with Crippen LogP contribution in [0.15, 0.2) is 30.3 Å². The number of amides is 1. The molecule has 120 valence electrons. The van der Waals surface area contributed by atoms with Crippen molar-refractivity contribution < 1.29 is 28.2 Å². The lowest BCUT2D eigenvalue weighted by molar-refractivity contribution is -0.157. The van der Waals surface area contributed by atoms with Gasteiger partial charge in [-0.15, -0.1) is 0 Å². The lowest BCUT2D eigenvalue weighted by Crippen LogP contribution is -2.49. The van der Waals surface area contributed by atoms with Crippen LogP contribution in [-0.4, -0.2) is 36.7 Å². The van der Waals surface area contributed by atoms with Crippen LogP contribution in [0.4, 0.5) is 8.78 Å². The number of rotatable bonds is 5. The number of hydrogen-bond acceptors (Lipinski definition) is 3. The molecule has 1 aromatic rings. The summed E-state index contributed by atoms with van der Waals surface area (Å²) >= 11 is 0. The molecule has 0 unspecified atom stereocenters. The highest BCUT2D eigenvalue weighted by atomic mass is 19.3. The monoisotopic (exact) mass is 313 g/mol. The molecule has 1 aromatic carbocycles. The second-order valence-corrected chi connectivity index (χ2v) is 5.32. The van der Waals surface area contributed by atoms with E-state index in [9.17, 15) is 23.5 Å². The van der Waals surface area contributed by atoms with Crippen molar-refractivity contribution in [1.29, 1.82) is 0 Å². The van der Waals surface area contributed by atoms with Gasteiger partial charge in [0.2, 0.25) is 0 Å². The number of hydrogen-bond donors (Lipinski definition) is 2. The first-order valence-electron chi connectivity index (χ1n) is 6.91. The van der Waals surface area contributed by atoms with E-state index in [2.05, 4.69) is 5.32 Å². The Balaban J connectivity index is 2.06. The summed E-state index contributed by atoms with van der Waals surface area (Å²) in [5.74, 6) is -6.31. The second kappa shape index (κ2) is 6.39. The summed E-state index contributed by atoms with van der Waals surface area (Å²) in [7, 11) is 0. The van der Waals surface area contributed by atoms with Gasteiger partial charge in [0.25, 0.3) is 5.91 Å². The van der Waals surface area contributed by atoms with E-state index >= 15 is 0 Å². The van der Waals surface area contributed by atoms with Crippen LogP contribution in [0.2, 0.25) is 0 Å². The predicted molar refractivity (Wildman–Crippen MR) is 73.5 cm³/mol. The van der Waals surface area contributed by atoms with Gasteiger partial charge in [0, 0.05) is 25.3 Å². The van der Waals surface area contributed by atoms with Gasteiger partial charge >= 0.3 is 11.9 Å². The van der Waals surface area contributed by atoms with Crippen molar-refractivity contribution >= 4 is 11.9 Å². The number of alkyl halides is 2. The van der Waals surface area contributed by atoms with Crippen LogP contribution >= 0.6 is 0 Å². The number of carboxylic acids is 1.